The van der Waals surface area contributed by atoms with Gasteiger partial charge in [-0.1, -0.05) is 24.3 Å². The van der Waals surface area contributed by atoms with Crippen LogP contribution in [-0.2, 0) is 9.53 Å². The number of hydrogen-bond acceptors (Lipinski definition) is 8. The van der Waals surface area contributed by atoms with Crippen molar-refractivity contribution in [1.82, 2.24) is 29.5 Å². The molecule has 2 aliphatic rings. The van der Waals surface area contributed by atoms with Crippen molar-refractivity contribution in [2.75, 3.05) is 45.6 Å². The predicted octanol–water partition coefficient (Wildman–Crippen LogP) is 4.70. The monoisotopic (exact) mass is 567 g/mol. The van der Waals surface area contributed by atoms with E-state index >= 15 is 0 Å². The number of aromatic nitrogens is 4. The number of anilines is 1. The summed E-state index contributed by atoms with van der Waals surface area (Å²) in [5, 5.41) is 5.73. The van der Waals surface area contributed by atoms with Gasteiger partial charge in [-0.25, -0.2) is 14.6 Å². The molecule has 3 heterocycles. The van der Waals surface area contributed by atoms with Gasteiger partial charge in [0.05, 0.1) is 18.0 Å². The summed E-state index contributed by atoms with van der Waals surface area (Å²) in [6.07, 6.45) is 9.40. The smallest absolute Gasteiger partial charge is 0.246 e. The van der Waals surface area contributed by atoms with Gasteiger partial charge in [0.15, 0.2) is 5.65 Å². The maximum atomic E-state index is 13.2. The molecule has 6 rings (SSSR count). The Labute approximate surface area is 245 Å². The molecule has 0 bridgehead atoms. The van der Waals surface area contributed by atoms with Crippen molar-refractivity contribution in [1.29, 1.82) is 0 Å². The lowest BCUT2D eigenvalue weighted by molar-refractivity contribution is -0.127. The van der Waals surface area contributed by atoms with Crippen LogP contribution in [0.2, 0.25) is 0 Å². The topological polar surface area (TPSA) is 112 Å². The SMILES string of the molecule is COCCN(C/C=C/C(=O)N1CCC[C@@H](n2nc(-c3ccc(Oc4ccccc4)cc3)c3c(N)ncnc32)C1)C1CC1. The van der Waals surface area contributed by atoms with Crippen LogP contribution in [0.4, 0.5) is 5.82 Å². The van der Waals surface area contributed by atoms with Crippen molar-refractivity contribution >= 4 is 22.8 Å². The fraction of sp³-hybridized carbons (Fsp3) is 0.375. The van der Waals surface area contributed by atoms with Crippen molar-refractivity contribution in [3.63, 3.8) is 0 Å². The minimum Gasteiger partial charge on any atom is -0.457 e. The van der Waals surface area contributed by atoms with Gasteiger partial charge in [0, 0.05) is 51.0 Å². The number of fused-ring (bicyclic) bond motifs is 1. The Morgan fingerprint density at radius 1 is 1.07 bits per heavy atom. The average Bonchev–Trinajstić information content (AvgIpc) is 3.79. The molecule has 1 saturated carbocycles. The second kappa shape index (κ2) is 12.7. The van der Waals surface area contributed by atoms with E-state index in [2.05, 4.69) is 14.9 Å². The molecule has 2 aromatic carbocycles. The van der Waals surface area contributed by atoms with Gasteiger partial charge in [-0.05, 0) is 62.1 Å². The summed E-state index contributed by atoms with van der Waals surface area (Å²) in [5.74, 6) is 1.91. The Hall–Kier alpha value is -4.28. The van der Waals surface area contributed by atoms with E-state index in [1.165, 1.54) is 19.2 Å². The first kappa shape index (κ1) is 27.9. The summed E-state index contributed by atoms with van der Waals surface area (Å²) >= 11 is 0. The van der Waals surface area contributed by atoms with E-state index in [0.29, 0.717) is 41.7 Å². The molecule has 1 atom stereocenters. The standard InChI is InChI=1S/C32H37N7O3/c1-41-20-19-37(24-13-14-24)17-6-10-28(40)38-18-5-7-25(21-38)39-32-29(31(33)34-22-35-32)30(36-39)23-11-15-27(16-12-23)42-26-8-3-2-4-9-26/h2-4,6,8-12,15-16,22,24-25H,5,7,13-14,17-21H2,1H3,(H2,33,34,35)/b10-6+/t25-/m1/s1. The number of nitrogens with zero attached hydrogens (tertiary/aromatic N) is 6. The number of piperidine rings is 1. The summed E-state index contributed by atoms with van der Waals surface area (Å²) < 4.78 is 13.1. The first-order chi connectivity index (χ1) is 20.6. The highest BCUT2D eigenvalue weighted by molar-refractivity contribution is 5.98. The molecule has 10 nitrogen and oxygen atoms in total. The second-order valence-electron chi connectivity index (χ2n) is 10.9. The minimum absolute atomic E-state index is 0.0213. The highest BCUT2D eigenvalue weighted by atomic mass is 16.5. The Morgan fingerprint density at radius 2 is 1.86 bits per heavy atom. The van der Waals surface area contributed by atoms with Crippen LogP contribution >= 0.6 is 0 Å². The van der Waals surface area contributed by atoms with Gasteiger partial charge >= 0.3 is 0 Å². The van der Waals surface area contributed by atoms with E-state index in [-0.39, 0.29) is 11.9 Å². The van der Waals surface area contributed by atoms with Crippen LogP contribution in [0.15, 0.2) is 73.1 Å². The third-order valence-electron chi connectivity index (χ3n) is 7.93. The molecule has 1 aliphatic carbocycles. The summed E-state index contributed by atoms with van der Waals surface area (Å²) in [4.78, 5) is 26.3. The third-order valence-corrected chi connectivity index (χ3v) is 7.93. The number of ether oxygens (including phenoxy) is 2. The van der Waals surface area contributed by atoms with E-state index < -0.39 is 0 Å². The van der Waals surface area contributed by atoms with Crippen LogP contribution in [0.25, 0.3) is 22.3 Å². The fourth-order valence-electron chi connectivity index (χ4n) is 5.58. The highest BCUT2D eigenvalue weighted by Gasteiger charge is 2.29. The van der Waals surface area contributed by atoms with Gasteiger partial charge in [-0.3, -0.25) is 9.69 Å². The highest BCUT2D eigenvalue weighted by Crippen LogP contribution is 2.35. The van der Waals surface area contributed by atoms with Crippen LogP contribution in [0, 0.1) is 0 Å². The minimum atomic E-state index is -0.0213. The van der Waals surface area contributed by atoms with Crippen molar-refractivity contribution in [3.05, 3.63) is 73.1 Å². The number of nitrogen functional groups attached to an aromatic ring is 1. The van der Waals surface area contributed by atoms with Crippen molar-refractivity contribution in [3.8, 4) is 22.8 Å². The normalized spacial score (nSPS) is 17.4. The van der Waals surface area contributed by atoms with Crippen LogP contribution < -0.4 is 10.5 Å². The van der Waals surface area contributed by atoms with Gasteiger partial charge in [0.25, 0.3) is 0 Å². The molecule has 42 heavy (non-hydrogen) atoms. The molecule has 4 aromatic rings. The maximum Gasteiger partial charge on any atom is 0.246 e. The Balaban J connectivity index is 1.19. The molecular weight excluding hydrogens is 530 g/mol. The Morgan fingerprint density at radius 3 is 2.62 bits per heavy atom. The molecular formula is C32H37N7O3. The Bertz CT molecular complexity index is 1530. The number of carbonyl (C=O) groups excluding carboxylic acids is 1. The molecule has 1 aliphatic heterocycles. The zero-order valence-electron chi connectivity index (χ0n) is 23.9. The van der Waals surface area contributed by atoms with E-state index in [9.17, 15) is 4.79 Å². The number of rotatable bonds is 11. The van der Waals surface area contributed by atoms with Crippen LogP contribution in [0.3, 0.4) is 0 Å². The third kappa shape index (κ3) is 6.29. The molecule has 10 heteroatoms. The lowest BCUT2D eigenvalue weighted by Crippen LogP contribution is -2.40. The van der Waals surface area contributed by atoms with Gasteiger partial charge in [-0.2, -0.15) is 5.10 Å². The van der Waals surface area contributed by atoms with Crippen LogP contribution in [-0.4, -0.2) is 81.4 Å². The summed E-state index contributed by atoms with van der Waals surface area (Å²) in [6, 6.07) is 18.0. The number of likely N-dealkylation sites (tertiary alicyclic amines) is 1. The van der Waals surface area contributed by atoms with E-state index in [1.54, 1.807) is 13.2 Å². The zero-order chi connectivity index (χ0) is 28.9. The van der Waals surface area contributed by atoms with Crippen LogP contribution in [0.5, 0.6) is 11.5 Å². The largest absolute Gasteiger partial charge is 0.457 e. The second-order valence-corrected chi connectivity index (χ2v) is 10.9. The molecule has 0 spiro atoms. The summed E-state index contributed by atoms with van der Waals surface area (Å²) in [5.41, 5.74) is 8.65. The van der Waals surface area contributed by atoms with Gasteiger partial charge in [0.1, 0.15) is 29.3 Å². The van der Waals surface area contributed by atoms with Crippen LogP contribution in [0.1, 0.15) is 31.7 Å². The number of carbonyl (C=O) groups is 1. The summed E-state index contributed by atoms with van der Waals surface area (Å²) in [7, 11) is 1.72. The first-order valence-corrected chi connectivity index (χ1v) is 14.6. The lowest BCUT2D eigenvalue weighted by Gasteiger charge is -2.32. The van der Waals surface area contributed by atoms with E-state index in [1.807, 2.05) is 70.3 Å². The van der Waals surface area contributed by atoms with Crippen molar-refractivity contribution in [2.24, 2.45) is 0 Å². The molecule has 2 fully saturated rings. The molecule has 2 N–H and O–H groups in total. The molecule has 1 saturated heterocycles. The van der Waals surface area contributed by atoms with Crippen molar-refractivity contribution < 1.29 is 14.3 Å². The molecule has 0 radical (unpaired) electrons. The van der Waals surface area contributed by atoms with Gasteiger partial charge < -0.3 is 20.1 Å². The number of para-hydroxylation sites is 1. The predicted molar refractivity (Wildman–Crippen MR) is 162 cm³/mol. The number of nitrogens with two attached hydrogens (primary N) is 1. The van der Waals surface area contributed by atoms with Gasteiger partial charge in [0.2, 0.25) is 5.91 Å². The number of hydrogen-bond donors (Lipinski definition) is 1. The first-order valence-electron chi connectivity index (χ1n) is 14.6. The van der Waals surface area contributed by atoms with Crippen molar-refractivity contribution in [2.45, 2.75) is 37.8 Å². The number of methoxy groups -OCH3 is 1. The number of amides is 1. The molecule has 1 amide bonds. The number of benzene rings is 2. The van der Waals surface area contributed by atoms with E-state index in [0.717, 1.165) is 49.5 Å². The van der Waals surface area contributed by atoms with E-state index in [4.69, 9.17) is 20.3 Å². The molecule has 218 valence electrons. The molecule has 0 unspecified atom stereocenters. The zero-order valence-corrected chi connectivity index (χ0v) is 23.9. The lowest BCUT2D eigenvalue weighted by atomic mass is 10.1. The molecule has 2 aromatic heterocycles. The average molecular weight is 568 g/mol. The fourth-order valence-corrected chi connectivity index (χ4v) is 5.58. The maximum absolute atomic E-state index is 13.2. The Kier molecular flexibility index (Phi) is 8.43. The quantitative estimate of drug-likeness (QED) is 0.260. The summed E-state index contributed by atoms with van der Waals surface area (Å²) in [6.45, 7) is 3.63. The van der Waals surface area contributed by atoms with Gasteiger partial charge in [-0.15, -0.1) is 0 Å².